The molecule has 0 saturated carbocycles. The number of rotatable bonds is 3. The summed E-state index contributed by atoms with van der Waals surface area (Å²) in [5, 5.41) is 10.2. The highest BCUT2D eigenvalue weighted by Crippen LogP contribution is 2.35. The summed E-state index contributed by atoms with van der Waals surface area (Å²) in [6, 6.07) is 19.5. The molecule has 32 heavy (non-hydrogen) atoms. The summed E-state index contributed by atoms with van der Waals surface area (Å²) in [4.78, 5) is 17.7. The number of hydrogen-bond acceptors (Lipinski definition) is 7. The lowest BCUT2D eigenvalue weighted by Crippen LogP contribution is -2.22. The van der Waals surface area contributed by atoms with Crippen LogP contribution in [-0.4, -0.2) is 26.7 Å². The SMILES string of the molecule is O=c1c2ccccc2c(-c2nc(-c3ccc4c(c3)OCO4)no2)nn1-c1cccc(Cl)c1. The van der Waals surface area contributed by atoms with E-state index < -0.39 is 0 Å². The van der Waals surface area contributed by atoms with Crippen LogP contribution in [0.2, 0.25) is 5.02 Å². The van der Waals surface area contributed by atoms with Gasteiger partial charge in [0.2, 0.25) is 12.6 Å². The molecule has 1 aliphatic rings. The molecule has 8 nitrogen and oxygen atoms in total. The van der Waals surface area contributed by atoms with Crippen LogP contribution in [0.3, 0.4) is 0 Å². The first-order chi connectivity index (χ1) is 15.7. The van der Waals surface area contributed by atoms with E-state index in [1.165, 1.54) is 4.68 Å². The van der Waals surface area contributed by atoms with Crippen LogP contribution >= 0.6 is 11.6 Å². The molecule has 3 heterocycles. The third kappa shape index (κ3) is 3.00. The smallest absolute Gasteiger partial charge is 0.279 e. The Kier molecular flexibility index (Phi) is 4.19. The number of hydrogen-bond donors (Lipinski definition) is 0. The summed E-state index contributed by atoms with van der Waals surface area (Å²) < 4.78 is 17.6. The zero-order valence-corrected chi connectivity index (χ0v) is 17.1. The largest absolute Gasteiger partial charge is 0.454 e. The fourth-order valence-electron chi connectivity index (χ4n) is 3.60. The minimum absolute atomic E-state index is 0.178. The molecule has 0 amide bonds. The minimum atomic E-state index is -0.276. The molecule has 0 aliphatic carbocycles. The maximum atomic E-state index is 13.1. The molecule has 0 saturated heterocycles. The van der Waals surface area contributed by atoms with Crippen molar-refractivity contribution in [3.63, 3.8) is 0 Å². The van der Waals surface area contributed by atoms with Crippen LogP contribution < -0.4 is 15.0 Å². The zero-order chi connectivity index (χ0) is 21.7. The van der Waals surface area contributed by atoms with Crippen LogP contribution in [0, 0.1) is 0 Å². The second-order valence-corrected chi connectivity index (χ2v) is 7.52. The molecule has 3 aromatic carbocycles. The molecule has 156 valence electrons. The molecule has 5 aromatic rings. The molecule has 6 rings (SSSR count). The lowest BCUT2D eigenvalue weighted by Gasteiger charge is -2.09. The van der Waals surface area contributed by atoms with E-state index in [9.17, 15) is 4.79 Å². The number of halogens is 1. The van der Waals surface area contributed by atoms with Gasteiger partial charge in [0.25, 0.3) is 11.4 Å². The summed E-state index contributed by atoms with van der Waals surface area (Å²) in [6.07, 6.45) is 0. The van der Waals surface area contributed by atoms with E-state index in [-0.39, 0.29) is 18.2 Å². The van der Waals surface area contributed by atoms with Gasteiger partial charge < -0.3 is 14.0 Å². The standard InChI is InChI=1S/C23H13ClN4O4/c24-14-4-3-5-15(11-14)28-23(29)17-7-2-1-6-16(17)20(26-28)22-25-21(27-32-22)13-8-9-18-19(10-13)31-12-30-18/h1-11H,12H2. The van der Waals surface area contributed by atoms with Gasteiger partial charge in [-0.3, -0.25) is 4.79 Å². The van der Waals surface area contributed by atoms with Gasteiger partial charge in [-0.15, -0.1) is 0 Å². The molecule has 0 atom stereocenters. The highest BCUT2D eigenvalue weighted by molar-refractivity contribution is 6.30. The van der Waals surface area contributed by atoms with Crippen LogP contribution in [0.15, 0.2) is 76.0 Å². The average molecular weight is 445 g/mol. The van der Waals surface area contributed by atoms with Gasteiger partial charge in [0, 0.05) is 16.0 Å². The molecule has 0 fully saturated rings. The van der Waals surface area contributed by atoms with Crippen molar-refractivity contribution in [2.75, 3.05) is 6.79 Å². The van der Waals surface area contributed by atoms with Crippen LogP contribution in [0.5, 0.6) is 11.5 Å². The van der Waals surface area contributed by atoms with Gasteiger partial charge in [-0.25, -0.2) is 0 Å². The number of benzene rings is 3. The topological polar surface area (TPSA) is 92.3 Å². The minimum Gasteiger partial charge on any atom is -0.454 e. The van der Waals surface area contributed by atoms with E-state index in [0.717, 1.165) is 0 Å². The third-order valence-corrected chi connectivity index (χ3v) is 5.35. The second-order valence-electron chi connectivity index (χ2n) is 7.08. The number of fused-ring (bicyclic) bond motifs is 2. The fourth-order valence-corrected chi connectivity index (χ4v) is 3.79. The fraction of sp³-hybridized carbons (Fsp3) is 0.0435. The lowest BCUT2D eigenvalue weighted by atomic mass is 10.1. The van der Waals surface area contributed by atoms with E-state index >= 15 is 0 Å². The Bertz CT molecular complexity index is 1560. The van der Waals surface area contributed by atoms with E-state index in [1.54, 1.807) is 54.6 Å². The first kappa shape index (κ1) is 18.6. The van der Waals surface area contributed by atoms with Crippen LogP contribution in [0.4, 0.5) is 0 Å². The van der Waals surface area contributed by atoms with Gasteiger partial charge in [0.1, 0.15) is 0 Å². The van der Waals surface area contributed by atoms with Crippen molar-refractivity contribution in [2.45, 2.75) is 0 Å². The third-order valence-electron chi connectivity index (χ3n) is 5.12. The Morgan fingerprint density at radius 1 is 0.906 bits per heavy atom. The van der Waals surface area contributed by atoms with Gasteiger partial charge in [-0.05, 0) is 42.5 Å². The van der Waals surface area contributed by atoms with Crippen molar-refractivity contribution in [1.82, 2.24) is 19.9 Å². The van der Waals surface area contributed by atoms with Gasteiger partial charge in [0.15, 0.2) is 17.2 Å². The summed E-state index contributed by atoms with van der Waals surface area (Å²) >= 11 is 6.13. The Hall–Kier alpha value is -4.17. The summed E-state index contributed by atoms with van der Waals surface area (Å²) in [5.74, 6) is 1.83. The maximum absolute atomic E-state index is 13.1. The maximum Gasteiger partial charge on any atom is 0.279 e. The van der Waals surface area contributed by atoms with Crippen molar-refractivity contribution in [3.05, 3.63) is 82.1 Å². The molecule has 0 bridgehead atoms. The van der Waals surface area contributed by atoms with Crippen LogP contribution in [0.1, 0.15) is 0 Å². The molecule has 2 aromatic heterocycles. The molecule has 9 heteroatoms. The molecule has 0 spiro atoms. The van der Waals surface area contributed by atoms with Crippen molar-refractivity contribution in [2.24, 2.45) is 0 Å². The van der Waals surface area contributed by atoms with Gasteiger partial charge >= 0.3 is 0 Å². The summed E-state index contributed by atoms with van der Waals surface area (Å²) in [6.45, 7) is 0.178. The molecule has 1 aliphatic heterocycles. The first-order valence-electron chi connectivity index (χ1n) is 9.69. The van der Waals surface area contributed by atoms with E-state index in [1.807, 2.05) is 12.1 Å². The van der Waals surface area contributed by atoms with Gasteiger partial charge in [-0.2, -0.15) is 14.8 Å². The molecular weight excluding hydrogens is 432 g/mol. The molecule has 0 unspecified atom stereocenters. The van der Waals surface area contributed by atoms with Crippen molar-refractivity contribution >= 4 is 22.4 Å². The van der Waals surface area contributed by atoms with Crippen molar-refractivity contribution in [3.8, 4) is 40.2 Å². The highest BCUT2D eigenvalue weighted by Gasteiger charge is 2.21. The predicted octanol–water partition coefficient (Wildman–Crippen LogP) is 4.48. The Balaban J connectivity index is 1.52. The molecule has 0 radical (unpaired) electrons. The first-order valence-corrected chi connectivity index (χ1v) is 10.1. The average Bonchev–Trinajstić information content (AvgIpc) is 3.49. The molecular formula is C23H13ClN4O4. The van der Waals surface area contributed by atoms with Gasteiger partial charge in [-0.1, -0.05) is 41.0 Å². The van der Waals surface area contributed by atoms with Crippen LogP contribution in [0.25, 0.3) is 39.4 Å². The van der Waals surface area contributed by atoms with Crippen molar-refractivity contribution < 1.29 is 14.0 Å². The Morgan fingerprint density at radius 3 is 2.62 bits per heavy atom. The van der Waals surface area contributed by atoms with E-state index in [0.29, 0.717) is 50.1 Å². The Morgan fingerprint density at radius 2 is 1.75 bits per heavy atom. The Labute approximate surface area is 185 Å². The highest BCUT2D eigenvalue weighted by atomic mass is 35.5. The van der Waals surface area contributed by atoms with Crippen molar-refractivity contribution in [1.29, 1.82) is 0 Å². The number of ether oxygens (including phenoxy) is 2. The zero-order valence-electron chi connectivity index (χ0n) is 16.4. The lowest BCUT2D eigenvalue weighted by molar-refractivity contribution is 0.174. The van der Waals surface area contributed by atoms with E-state index in [4.69, 9.17) is 25.6 Å². The monoisotopic (exact) mass is 444 g/mol. The quantitative estimate of drug-likeness (QED) is 0.405. The van der Waals surface area contributed by atoms with Crippen LogP contribution in [-0.2, 0) is 0 Å². The number of nitrogens with zero attached hydrogens (tertiary/aromatic N) is 4. The summed E-state index contributed by atoms with van der Waals surface area (Å²) in [7, 11) is 0. The molecule has 0 N–H and O–H groups in total. The summed E-state index contributed by atoms with van der Waals surface area (Å²) in [5.41, 5.74) is 1.35. The van der Waals surface area contributed by atoms with Gasteiger partial charge in [0.05, 0.1) is 11.1 Å². The van der Waals surface area contributed by atoms with E-state index in [2.05, 4.69) is 15.2 Å². The normalized spacial score (nSPS) is 12.4. The predicted molar refractivity (Wildman–Crippen MR) is 117 cm³/mol. The second kappa shape index (κ2) is 7.21. The number of aromatic nitrogens is 4.